The smallest absolute Gasteiger partial charge is 0.344 e. The van der Waals surface area contributed by atoms with Crippen molar-refractivity contribution in [1.29, 1.82) is 0 Å². The van der Waals surface area contributed by atoms with Gasteiger partial charge < -0.3 is 15.2 Å². The van der Waals surface area contributed by atoms with E-state index in [0.29, 0.717) is 23.6 Å². The molecule has 0 aromatic heterocycles. The normalized spacial score (nSPS) is 15.1. The number of benzene rings is 1. The van der Waals surface area contributed by atoms with Crippen molar-refractivity contribution >= 4 is 11.7 Å². The molecule has 1 aliphatic carbocycles. The molecule has 17 heavy (non-hydrogen) atoms. The third-order valence-corrected chi connectivity index (χ3v) is 2.89. The largest absolute Gasteiger partial charge is 0.493 e. The van der Waals surface area contributed by atoms with Gasteiger partial charge in [0.2, 0.25) is 0 Å². The first-order valence-electron chi connectivity index (χ1n) is 5.94. The molecule has 1 fully saturated rings. The molecule has 0 bridgehead atoms. The highest BCUT2D eigenvalue weighted by atomic mass is 16.5. The molecule has 1 aromatic carbocycles. The molecule has 0 unspecified atom stereocenters. The summed E-state index contributed by atoms with van der Waals surface area (Å²) in [5.41, 5.74) is 6.56. The Morgan fingerprint density at radius 3 is 2.82 bits per heavy atom. The summed E-state index contributed by atoms with van der Waals surface area (Å²) in [6.07, 6.45) is 3.07. The number of rotatable bonds is 4. The Kier molecular flexibility index (Phi) is 3.52. The van der Waals surface area contributed by atoms with Crippen LogP contribution in [0.5, 0.6) is 5.75 Å². The second-order valence-corrected chi connectivity index (χ2v) is 4.11. The van der Waals surface area contributed by atoms with Crippen molar-refractivity contribution in [2.45, 2.75) is 32.3 Å². The maximum absolute atomic E-state index is 12.0. The zero-order valence-corrected chi connectivity index (χ0v) is 9.94. The lowest BCUT2D eigenvalue weighted by molar-refractivity contribution is 0.00879. The Morgan fingerprint density at radius 2 is 2.24 bits per heavy atom. The number of hydrogen-bond acceptors (Lipinski definition) is 4. The van der Waals surface area contributed by atoms with Crippen LogP contribution < -0.4 is 10.5 Å². The second kappa shape index (κ2) is 5.08. The number of esters is 1. The van der Waals surface area contributed by atoms with Crippen LogP contribution in [0.2, 0.25) is 0 Å². The van der Waals surface area contributed by atoms with E-state index in [-0.39, 0.29) is 12.1 Å². The first-order valence-corrected chi connectivity index (χ1v) is 5.94. The Labute approximate surface area is 101 Å². The van der Waals surface area contributed by atoms with Crippen molar-refractivity contribution in [3.63, 3.8) is 0 Å². The van der Waals surface area contributed by atoms with Crippen molar-refractivity contribution in [3.05, 3.63) is 23.8 Å². The summed E-state index contributed by atoms with van der Waals surface area (Å²) in [7, 11) is 0. The number of carbonyl (C=O) groups excluding carboxylic acids is 1. The number of ether oxygens (including phenoxy) is 2. The van der Waals surface area contributed by atoms with Gasteiger partial charge in [0.25, 0.3) is 0 Å². The maximum Gasteiger partial charge on any atom is 0.344 e. The SMILES string of the molecule is CCOc1cccc(N)c1C(=O)OC1CCC1. The molecule has 92 valence electrons. The van der Waals surface area contributed by atoms with Crippen LogP contribution in [0.25, 0.3) is 0 Å². The zero-order valence-electron chi connectivity index (χ0n) is 9.94. The van der Waals surface area contributed by atoms with Gasteiger partial charge >= 0.3 is 5.97 Å². The van der Waals surface area contributed by atoms with Gasteiger partial charge in [-0.05, 0) is 38.3 Å². The van der Waals surface area contributed by atoms with Crippen LogP contribution >= 0.6 is 0 Å². The van der Waals surface area contributed by atoms with E-state index in [4.69, 9.17) is 15.2 Å². The van der Waals surface area contributed by atoms with Crippen molar-refractivity contribution in [2.75, 3.05) is 12.3 Å². The van der Waals surface area contributed by atoms with Crippen molar-refractivity contribution in [3.8, 4) is 5.75 Å². The molecule has 0 atom stereocenters. The van der Waals surface area contributed by atoms with Crippen molar-refractivity contribution < 1.29 is 14.3 Å². The Morgan fingerprint density at radius 1 is 1.47 bits per heavy atom. The van der Waals surface area contributed by atoms with Gasteiger partial charge in [-0.1, -0.05) is 6.07 Å². The number of carbonyl (C=O) groups is 1. The fourth-order valence-corrected chi connectivity index (χ4v) is 1.74. The van der Waals surface area contributed by atoms with Crippen LogP contribution in [0.1, 0.15) is 36.5 Å². The average Bonchev–Trinajstić information content (AvgIpc) is 2.24. The highest BCUT2D eigenvalue weighted by Crippen LogP contribution is 2.29. The number of nitrogen functional groups attached to an aromatic ring is 1. The predicted octanol–water partition coefficient (Wildman–Crippen LogP) is 2.38. The zero-order chi connectivity index (χ0) is 12.3. The van der Waals surface area contributed by atoms with Gasteiger partial charge in [-0.2, -0.15) is 0 Å². The van der Waals surface area contributed by atoms with E-state index in [1.54, 1.807) is 18.2 Å². The van der Waals surface area contributed by atoms with Gasteiger partial charge in [-0.3, -0.25) is 0 Å². The minimum atomic E-state index is -0.378. The standard InChI is InChI=1S/C13H17NO3/c1-2-16-11-8-4-7-10(14)12(11)13(15)17-9-5-3-6-9/h4,7-9H,2-3,5-6,14H2,1H3. The monoisotopic (exact) mass is 235 g/mol. The summed E-state index contributed by atoms with van der Waals surface area (Å²) in [6, 6.07) is 5.18. The first-order chi connectivity index (χ1) is 8.22. The molecular formula is C13H17NO3. The third kappa shape index (κ3) is 2.52. The molecule has 0 aliphatic heterocycles. The van der Waals surface area contributed by atoms with Gasteiger partial charge in [0, 0.05) is 5.69 Å². The summed E-state index contributed by atoms with van der Waals surface area (Å²) in [6.45, 7) is 2.36. The van der Waals surface area contributed by atoms with Gasteiger partial charge in [-0.15, -0.1) is 0 Å². The number of hydrogen-bond donors (Lipinski definition) is 1. The topological polar surface area (TPSA) is 61.5 Å². The fourth-order valence-electron chi connectivity index (χ4n) is 1.74. The highest BCUT2D eigenvalue weighted by Gasteiger charge is 2.25. The van der Waals surface area contributed by atoms with E-state index in [1.165, 1.54) is 0 Å². The molecule has 2 rings (SSSR count). The van der Waals surface area contributed by atoms with Gasteiger partial charge in [-0.25, -0.2) is 4.79 Å². The molecule has 0 radical (unpaired) electrons. The lowest BCUT2D eigenvalue weighted by Crippen LogP contribution is -2.25. The summed E-state index contributed by atoms with van der Waals surface area (Å²) < 4.78 is 10.7. The Balaban J connectivity index is 2.19. The summed E-state index contributed by atoms with van der Waals surface area (Å²) in [5, 5.41) is 0. The molecule has 4 nitrogen and oxygen atoms in total. The third-order valence-electron chi connectivity index (χ3n) is 2.89. The van der Waals surface area contributed by atoms with E-state index in [9.17, 15) is 4.79 Å². The van der Waals surface area contributed by atoms with Crippen LogP contribution in [-0.4, -0.2) is 18.7 Å². The quantitative estimate of drug-likeness (QED) is 0.643. The van der Waals surface area contributed by atoms with Gasteiger partial charge in [0.1, 0.15) is 17.4 Å². The second-order valence-electron chi connectivity index (χ2n) is 4.11. The number of anilines is 1. The van der Waals surface area contributed by atoms with Crippen molar-refractivity contribution in [2.24, 2.45) is 0 Å². The lowest BCUT2D eigenvalue weighted by Gasteiger charge is -2.25. The van der Waals surface area contributed by atoms with E-state index >= 15 is 0 Å². The van der Waals surface area contributed by atoms with E-state index < -0.39 is 0 Å². The summed E-state index contributed by atoms with van der Waals surface area (Å²) in [4.78, 5) is 12.0. The molecule has 1 aromatic rings. The van der Waals surface area contributed by atoms with Crippen LogP contribution in [0.15, 0.2) is 18.2 Å². The number of nitrogens with two attached hydrogens (primary N) is 1. The first kappa shape index (κ1) is 11.8. The van der Waals surface area contributed by atoms with Crippen LogP contribution in [-0.2, 0) is 4.74 Å². The predicted molar refractivity (Wildman–Crippen MR) is 65.1 cm³/mol. The average molecular weight is 235 g/mol. The molecule has 0 heterocycles. The van der Waals surface area contributed by atoms with E-state index in [1.807, 2.05) is 6.92 Å². The molecule has 1 aliphatic rings. The fraction of sp³-hybridized carbons (Fsp3) is 0.462. The van der Waals surface area contributed by atoms with Gasteiger partial charge in [0.05, 0.1) is 6.61 Å². The maximum atomic E-state index is 12.0. The molecule has 0 spiro atoms. The molecule has 0 saturated heterocycles. The lowest BCUT2D eigenvalue weighted by atomic mass is 9.96. The van der Waals surface area contributed by atoms with E-state index in [0.717, 1.165) is 19.3 Å². The minimum absolute atomic E-state index is 0.0524. The van der Waals surface area contributed by atoms with E-state index in [2.05, 4.69) is 0 Å². The summed E-state index contributed by atoms with van der Waals surface area (Å²) in [5.74, 6) is 0.119. The van der Waals surface area contributed by atoms with Crippen molar-refractivity contribution in [1.82, 2.24) is 0 Å². The van der Waals surface area contributed by atoms with Crippen LogP contribution in [0, 0.1) is 0 Å². The Bertz CT molecular complexity index is 413. The molecule has 4 heteroatoms. The molecule has 1 saturated carbocycles. The molecule has 0 amide bonds. The Hall–Kier alpha value is -1.71. The highest BCUT2D eigenvalue weighted by molar-refractivity contribution is 5.98. The van der Waals surface area contributed by atoms with Gasteiger partial charge in [0.15, 0.2) is 0 Å². The minimum Gasteiger partial charge on any atom is -0.493 e. The van der Waals surface area contributed by atoms with Crippen LogP contribution in [0.3, 0.4) is 0 Å². The molecular weight excluding hydrogens is 218 g/mol. The van der Waals surface area contributed by atoms with Crippen LogP contribution in [0.4, 0.5) is 5.69 Å². The summed E-state index contributed by atoms with van der Waals surface area (Å²) >= 11 is 0. The molecule has 2 N–H and O–H groups in total.